The summed E-state index contributed by atoms with van der Waals surface area (Å²) in [7, 11) is 1.35. The van der Waals surface area contributed by atoms with Gasteiger partial charge < -0.3 is 14.0 Å². The molecule has 3 aromatic carbocycles. The minimum absolute atomic E-state index is 0.387. The van der Waals surface area contributed by atoms with Gasteiger partial charge in [0, 0.05) is 16.1 Å². The van der Waals surface area contributed by atoms with Crippen molar-refractivity contribution in [1.29, 1.82) is 0 Å². The zero-order chi connectivity index (χ0) is 24.9. The molecule has 0 fully saturated rings. The van der Waals surface area contributed by atoms with Crippen molar-refractivity contribution in [2.45, 2.75) is 20.0 Å². The van der Waals surface area contributed by atoms with Crippen molar-refractivity contribution in [3.8, 4) is 22.5 Å². The molecule has 0 aliphatic rings. The normalized spacial score (nSPS) is 11.5. The molecule has 1 heterocycles. The van der Waals surface area contributed by atoms with Crippen LogP contribution in [0.3, 0.4) is 0 Å². The monoisotopic (exact) mass is 490 g/mol. The van der Waals surface area contributed by atoms with Gasteiger partial charge >= 0.3 is 12.1 Å². The largest absolute Gasteiger partial charge is 0.465 e. The number of aromatic nitrogens is 1. The molecule has 4 rings (SSSR count). The predicted octanol–water partition coefficient (Wildman–Crippen LogP) is 7.07. The molecule has 4 aromatic rings. The third-order valence-corrected chi connectivity index (χ3v) is 5.85. The van der Waals surface area contributed by atoms with Crippen LogP contribution in [-0.2, 0) is 9.47 Å². The minimum atomic E-state index is -0.659. The summed E-state index contributed by atoms with van der Waals surface area (Å²) < 4.78 is 15.9. The summed E-state index contributed by atoms with van der Waals surface area (Å²) in [5, 5.41) is 7.25. The molecule has 8 heteroatoms. The summed E-state index contributed by atoms with van der Waals surface area (Å²) in [6, 6.07) is 21.7. The van der Waals surface area contributed by atoms with Crippen molar-refractivity contribution in [1.82, 2.24) is 5.16 Å². The maximum atomic E-state index is 12.6. The average Bonchev–Trinajstić information content (AvgIpc) is 3.23. The second-order valence-corrected chi connectivity index (χ2v) is 8.19. The van der Waals surface area contributed by atoms with Crippen LogP contribution in [0, 0.1) is 6.92 Å². The maximum absolute atomic E-state index is 12.6. The highest BCUT2D eigenvalue weighted by atomic mass is 35.5. The lowest BCUT2D eigenvalue weighted by Gasteiger charge is -2.15. The Morgan fingerprint density at radius 3 is 2.34 bits per heavy atom. The van der Waals surface area contributed by atoms with Crippen molar-refractivity contribution in [2.75, 3.05) is 12.4 Å². The zero-order valence-electron chi connectivity index (χ0n) is 19.4. The molecule has 35 heavy (non-hydrogen) atoms. The molecule has 178 valence electrons. The first-order valence-corrected chi connectivity index (χ1v) is 11.2. The highest BCUT2D eigenvalue weighted by Crippen LogP contribution is 2.34. The van der Waals surface area contributed by atoms with Crippen LogP contribution >= 0.6 is 11.6 Å². The summed E-state index contributed by atoms with van der Waals surface area (Å²) in [5.41, 5.74) is 4.35. The van der Waals surface area contributed by atoms with Crippen LogP contribution in [0.1, 0.15) is 34.6 Å². The van der Waals surface area contributed by atoms with E-state index >= 15 is 0 Å². The zero-order valence-corrected chi connectivity index (χ0v) is 20.1. The Hall–Kier alpha value is -4.10. The lowest BCUT2D eigenvalue weighted by molar-refractivity contribution is 0.0601. The van der Waals surface area contributed by atoms with E-state index in [9.17, 15) is 9.59 Å². The fourth-order valence-electron chi connectivity index (χ4n) is 3.70. The summed E-state index contributed by atoms with van der Waals surface area (Å²) >= 11 is 6.21. The number of hydrogen-bond acceptors (Lipinski definition) is 6. The van der Waals surface area contributed by atoms with Crippen molar-refractivity contribution in [3.63, 3.8) is 0 Å². The highest BCUT2D eigenvalue weighted by molar-refractivity contribution is 6.31. The second kappa shape index (κ2) is 10.4. The molecule has 0 radical (unpaired) electrons. The number of carbonyl (C=O) groups is 2. The van der Waals surface area contributed by atoms with Crippen LogP contribution in [0.15, 0.2) is 77.3 Å². The summed E-state index contributed by atoms with van der Waals surface area (Å²) in [6.45, 7) is 3.47. The highest BCUT2D eigenvalue weighted by Gasteiger charge is 2.21. The Bertz CT molecular complexity index is 1360. The van der Waals surface area contributed by atoms with Gasteiger partial charge in [0.1, 0.15) is 17.5 Å². The predicted molar refractivity (Wildman–Crippen MR) is 133 cm³/mol. The quantitative estimate of drug-likeness (QED) is 0.291. The summed E-state index contributed by atoms with van der Waals surface area (Å²) in [5.74, 6) is -0.0239. The standard InChI is InChI=1S/C27H23ClN2O5/c1-16-24(29-27(32)34-17(2)20-8-6-7-11-23(20)28)25(35-30-16)19-14-12-18(13-15-19)21-9-4-5-10-22(21)26(31)33-3/h4-15,17H,1-3H3,(H,29,32). The molecular formula is C27H23ClN2O5. The topological polar surface area (TPSA) is 90.7 Å². The molecule has 0 spiro atoms. The summed E-state index contributed by atoms with van der Waals surface area (Å²) in [6.07, 6.45) is -1.21. The van der Waals surface area contributed by atoms with Crippen LogP contribution < -0.4 is 5.32 Å². The number of aryl methyl sites for hydroxylation is 1. The van der Waals surface area contributed by atoms with Crippen molar-refractivity contribution >= 4 is 29.4 Å². The maximum Gasteiger partial charge on any atom is 0.412 e. The smallest absolute Gasteiger partial charge is 0.412 e. The number of nitrogens with one attached hydrogen (secondary N) is 1. The molecule has 1 amide bonds. The molecule has 7 nitrogen and oxygen atoms in total. The number of amides is 1. The second-order valence-electron chi connectivity index (χ2n) is 7.78. The number of hydrogen-bond donors (Lipinski definition) is 1. The molecule has 1 atom stereocenters. The lowest BCUT2D eigenvalue weighted by atomic mass is 9.98. The summed E-state index contributed by atoms with van der Waals surface area (Å²) in [4.78, 5) is 24.7. The van der Waals surface area contributed by atoms with Gasteiger partial charge in [-0.1, -0.05) is 77.4 Å². The van der Waals surface area contributed by atoms with Gasteiger partial charge in [-0.25, -0.2) is 9.59 Å². The van der Waals surface area contributed by atoms with Crippen molar-refractivity contribution in [2.24, 2.45) is 0 Å². The number of anilines is 1. The SMILES string of the molecule is COC(=O)c1ccccc1-c1ccc(-c2onc(C)c2NC(=O)OC(C)c2ccccc2Cl)cc1. The van der Waals surface area contributed by atoms with Gasteiger partial charge in [0.15, 0.2) is 5.76 Å². The van der Waals surface area contributed by atoms with Gasteiger partial charge in [0.05, 0.1) is 12.7 Å². The Balaban J connectivity index is 1.55. The Labute approximate surface area is 207 Å². The number of benzene rings is 3. The molecule has 0 aliphatic carbocycles. The lowest BCUT2D eigenvalue weighted by Crippen LogP contribution is -2.17. The third kappa shape index (κ3) is 5.20. The van der Waals surface area contributed by atoms with Gasteiger partial charge in [0.2, 0.25) is 0 Å². The third-order valence-electron chi connectivity index (χ3n) is 5.51. The molecule has 1 N–H and O–H groups in total. The van der Waals surface area contributed by atoms with Crippen molar-refractivity contribution < 1.29 is 23.6 Å². The van der Waals surface area contributed by atoms with E-state index in [2.05, 4.69) is 10.5 Å². The fraction of sp³-hybridized carbons (Fsp3) is 0.148. The average molecular weight is 491 g/mol. The van der Waals surface area contributed by atoms with Crippen LogP contribution in [0.2, 0.25) is 5.02 Å². The number of halogens is 1. The van der Waals surface area contributed by atoms with Gasteiger partial charge in [-0.15, -0.1) is 0 Å². The van der Waals surface area contributed by atoms with Crippen LogP contribution in [-0.4, -0.2) is 24.3 Å². The van der Waals surface area contributed by atoms with E-state index in [1.807, 2.05) is 48.5 Å². The number of rotatable bonds is 6. The molecular weight excluding hydrogens is 468 g/mol. The number of nitrogens with zero attached hydrogens (tertiary/aromatic N) is 1. The Kier molecular flexibility index (Phi) is 7.17. The number of methoxy groups -OCH3 is 1. The molecule has 0 saturated carbocycles. The van der Waals surface area contributed by atoms with E-state index in [-0.39, 0.29) is 0 Å². The number of carbonyl (C=O) groups excluding carboxylic acids is 2. The van der Waals surface area contributed by atoms with Gasteiger partial charge in [0.25, 0.3) is 0 Å². The molecule has 0 saturated heterocycles. The van der Waals surface area contributed by atoms with Crippen LogP contribution in [0.25, 0.3) is 22.5 Å². The van der Waals surface area contributed by atoms with E-state index in [4.69, 9.17) is 25.6 Å². The van der Waals surface area contributed by atoms with Gasteiger partial charge in [-0.05, 0) is 37.1 Å². The fourth-order valence-corrected chi connectivity index (χ4v) is 3.99. The minimum Gasteiger partial charge on any atom is -0.465 e. The van der Waals surface area contributed by atoms with E-state index in [0.29, 0.717) is 38.9 Å². The molecule has 1 unspecified atom stereocenters. The number of esters is 1. The molecule has 0 bridgehead atoms. The van der Waals surface area contributed by atoms with Gasteiger partial charge in [-0.3, -0.25) is 5.32 Å². The first-order valence-electron chi connectivity index (χ1n) is 10.9. The first-order chi connectivity index (χ1) is 16.9. The number of ether oxygens (including phenoxy) is 2. The van der Waals surface area contributed by atoms with Crippen LogP contribution in [0.4, 0.5) is 10.5 Å². The van der Waals surface area contributed by atoms with E-state index < -0.39 is 18.2 Å². The Morgan fingerprint density at radius 1 is 0.971 bits per heavy atom. The molecule has 0 aliphatic heterocycles. The molecule has 1 aromatic heterocycles. The van der Waals surface area contributed by atoms with Gasteiger partial charge in [-0.2, -0.15) is 0 Å². The first kappa shape index (κ1) is 24.0. The van der Waals surface area contributed by atoms with E-state index in [1.165, 1.54) is 7.11 Å². The van der Waals surface area contributed by atoms with Crippen LogP contribution in [0.5, 0.6) is 0 Å². The Morgan fingerprint density at radius 2 is 1.63 bits per heavy atom. The van der Waals surface area contributed by atoms with E-state index in [0.717, 1.165) is 11.1 Å². The van der Waals surface area contributed by atoms with Crippen molar-refractivity contribution in [3.05, 3.63) is 94.6 Å². The van der Waals surface area contributed by atoms with E-state index in [1.54, 1.807) is 38.1 Å².